The smallest absolute Gasteiger partial charge is 0.330 e. The minimum atomic E-state index is -5.21. The highest BCUT2D eigenvalue weighted by Gasteiger charge is 2.72. The van der Waals surface area contributed by atoms with Crippen LogP contribution in [0.15, 0.2) is 35.5 Å². The number of hydrogen-bond donors (Lipinski definition) is 1. The van der Waals surface area contributed by atoms with Crippen molar-refractivity contribution in [1.82, 2.24) is 5.32 Å². The molecule has 31 heavy (non-hydrogen) atoms. The molecule has 3 rings (SSSR count). The third-order valence-corrected chi connectivity index (χ3v) is 5.72. The summed E-state index contributed by atoms with van der Waals surface area (Å²) in [5, 5.41) is 1.96. The standard InChI is InChI=1S/C23H27F3N2O3/c1-13-7-9-14(10-8-13)28-15-11-21(5,6)12-16(29)17(15)22(19(28)31,23(24,25)26)27-18(30)20(2,3)4/h7-10H,11-12H2,1-6H3,(H,27,30)/t22-/m1/s1. The first-order chi connectivity index (χ1) is 14.0. The topological polar surface area (TPSA) is 66.5 Å². The van der Waals surface area contributed by atoms with Crippen molar-refractivity contribution < 1.29 is 27.6 Å². The van der Waals surface area contributed by atoms with Crippen molar-refractivity contribution in [3.05, 3.63) is 41.1 Å². The van der Waals surface area contributed by atoms with Gasteiger partial charge in [-0.1, -0.05) is 52.3 Å². The predicted octanol–water partition coefficient (Wildman–Crippen LogP) is 4.45. The Morgan fingerprint density at radius 3 is 2.06 bits per heavy atom. The third kappa shape index (κ3) is 3.66. The van der Waals surface area contributed by atoms with Crippen LogP contribution in [0.5, 0.6) is 0 Å². The van der Waals surface area contributed by atoms with E-state index in [1.54, 1.807) is 38.1 Å². The minimum Gasteiger partial charge on any atom is -0.330 e. The van der Waals surface area contributed by atoms with E-state index >= 15 is 0 Å². The minimum absolute atomic E-state index is 0.00152. The number of alkyl halides is 3. The number of hydrogen-bond acceptors (Lipinski definition) is 3. The van der Waals surface area contributed by atoms with Crippen molar-refractivity contribution in [2.45, 2.75) is 66.1 Å². The summed E-state index contributed by atoms with van der Waals surface area (Å²) in [7, 11) is 0. The fourth-order valence-electron chi connectivity index (χ4n) is 4.08. The Morgan fingerprint density at radius 1 is 1.03 bits per heavy atom. The molecule has 1 aromatic carbocycles. The van der Waals surface area contributed by atoms with E-state index in [2.05, 4.69) is 0 Å². The van der Waals surface area contributed by atoms with Gasteiger partial charge in [-0.25, -0.2) is 0 Å². The monoisotopic (exact) mass is 436 g/mol. The van der Waals surface area contributed by atoms with Gasteiger partial charge in [0.15, 0.2) is 5.78 Å². The number of allylic oxidation sites excluding steroid dienone is 1. The zero-order chi connectivity index (χ0) is 23.6. The van der Waals surface area contributed by atoms with Crippen molar-refractivity contribution >= 4 is 23.3 Å². The number of carbonyl (C=O) groups is 3. The predicted molar refractivity (Wildman–Crippen MR) is 110 cm³/mol. The quantitative estimate of drug-likeness (QED) is 0.745. The van der Waals surface area contributed by atoms with Crippen molar-refractivity contribution in [2.24, 2.45) is 10.8 Å². The number of benzene rings is 1. The van der Waals surface area contributed by atoms with Gasteiger partial charge in [0.2, 0.25) is 11.4 Å². The Kier molecular flexibility index (Phi) is 5.15. The van der Waals surface area contributed by atoms with Crippen LogP contribution in [0.2, 0.25) is 0 Å². The first-order valence-corrected chi connectivity index (χ1v) is 10.1. The maximum atomic E-state index is 14.7. The van der Waals surface area contributed by atoms with Crippen LogP contribution in [-0.4, -0.2) is 29.3 Å². The first-order valence-electron chi connectivity index (χ1n) is 10.1. The Balaban J connectivity index is 2.31. The molecule has 2 aliphatic rings. The molecular formula is C23H27F3N2O3. The van der Waals surface area contributed by atoms with E-state index in [9.17, 15) is 27.6 Å². The summed E-state index contributed by atoms with van der Waals surface area (Å²) in [5.41, 5.74) is -4.81. The summed E-state index contributed by atoms with van der Waals surface area (Å²) in [5.74, 6) is -3.12. The Hall–Kier alpha value is -2.64. The largest absolute Gasteiger partial charge is 0.425 e. The SMILES string of the molecule is Cc1ccc(N2C(=O)[C@@](NC(=O)C(C)(C)C)(C(F)(F)F)C3=C2CC(C)(C)CC3=O)cc1. The Bertz CT molecular complexity index is 985. The molecule has 1 atom stereocenters. The summed E-state index contributed by atoms with van der Waals surface area (Å²) in [4.78, 5) is 40.3. The molecule has 0 radical (unpaired) electrons. The lowest BCUT2D eigenvalue weighted by atomic mass is 9.72. The van der Waals surface area contributed by atoms with E-state index in [0.29, 0.717) is 0 Å². The molecule has 1 N–H and O–H groups in total. The van der Waals surface area contributed by atoms with Crippen molar-refractivity contribution in [2.75, 3.05) is 4.90 Å². The molecule has 1 aliphatic heterocycles. The van der Waals surface area contributed by atoms with Gasteiger partial charge >= 0.3 is 6.18 Å². The molecule has 0 saturated carbocycles. The van der Waals surface area contributed by atoms with Crippen LogP contribution in [0.25, 0.3) is 0 Å². The van der Waals surface area contributed by atoms with E-state index in [4.69, 9.17) is 0 Å². The molecule has 0 spiro atoms. The van der Waals surface area contributed by atoms with Gasteiger partial charge in [0.05, 0.1) is 5.57 Å². The Labute approximate surface area is 179 Å². The van der Waals surface area contributed by atoms with Gasteiger partial charge in [-0.15, -0.1) is 0 Å². The molecule has 0 aromatic heterocycles. The van der Waals surface area contributed by atoms with Gasteiger partial charge in [-0.3, -0.25) is 19.3 Å². The van der Waals surface area contributed by atoms with Crippen LogP contribution < -0.4 is 10.2 Å². The van der Waals surface area contributed by atoms with E-state index in [1.165, 1.54) is 20.8 Å². The number of nitrogens with one attached hydrogen (secondary N) is 1. The van der Waals surface area contributed by atoms with Crippen molar-refractivity contribution in [3.63, 3.8) is 0 Å². The summed E-state index contributed by atoms with van der Waals surface area (Å²) in [6.45, 7) is 9.71. The number of nitrogens with zero attached hydrogens (tertiary/aromatic N) is 1. The molecule has 1 aromatic rings. The molecule has 1 aliphatic carbocycles. The molecular weight excluding hydrogens is 409 g/mol. The van der Waals surface area contributed by atoms with Crippen LogP contribution in [0, 0.1) is 17.8 Å². The summed E-state index contributed by atoms with van der Waals surface area (Å²) in [6.07, 6.45) is -5.26. The molecule has 2 amide bonds. The number of carbonyl (C=O) groups excluding carboxylic acids is 3. The van der Waals surface area contributed by atoms with Crippen LogP contribution in [0.3, 0.4) is 0 Å². The lowest BCUT2D eigenvalue weighted by Crippen LogP contribution is -2.67. The van der Waals surface area contributed by atoms with Gasteiger partial charge in [0.1, 0.15) is 0 Å². The van der Waals surface area contributed by atoms with Crippen molar-refractivity contribution in [3.8, 4) is 0 Å². The van der Waals surface area contributed by atoms with E-state index in [1.807, 2.05) is 12.2 Å². The second-order valence-electron chi connectivity index (χ2n) is 10.2. The van der Waals surface area contributed by atoms with E-state index in [0.717, 1.165) is 10.5 Å². The second kappa shape index (κ2) is 6.93. The summed E-state index contributed by atoms with van der Waals surface area (Å²) >= 11 is 0. The average Bonchev–Trinajstić information content (AvgIpc) is 2.83. The van der Waals surface area contributed by atoms with E-state index < -0.39 is 45.7 Å². The molecule has 0 fully saturated rings. The molecule has 0 unspecified atom stereocenters. The molecule has 5 nitrogen and oxygen atoms in total. The zero-order valence-corrected chi connectivity index (χ0v) is 18.5. The van der Waals surface area contributed by atoms with Crippen molar-refractivity contribution in [1.29, 1.82) is 0 Å². The summed E-state index contributed by atoms with van der Waals surface area (Å²) < 4.78 is 44.0. The van der Waals surface area contributed by atoms with E-state index in [-0.39, 0.29) is 24.2 Å². The van der Waals surface area contributed by atoms with Crippen LogP contribution >= 0.6 is 0 Å². The highest BCUT2D eigenvalue weighted by atomic mass is 19.4. The fraction of sp³-hybridized carbons (Fsp3) is 0.522. The average molecular weight is 436 g/mol. The molecule has 1 heterocycles. The number of rotatable bonds is 2. The molecule has 0 bridgehead atoms. The third-order valence-electron chi connectivity index (χ3n) is 5.72. The Morgan fingerprint density at radius 2 is 1.58 bits per heavy atom. The molecule has 8 heteroatoms. The number of ketones is 1. The number of Topliss-reactive ketones (excluding diaryl/α,β-unsaturated/α-hetero) is 1. The normalized spacial score (nSPS) is 23.8. The highest BCUT2D eigenvalue weighted by Crippen LogP contribution is 2.53. The van der Waals surface area contributed by atoms with Gasteiger partial charge < -0.3 is 5.32 Å². The maximum absolute atomic E-state index is 14.7. The molecule has 168 valence electrons. The number of aryl methyl sites for hydroxylation is 1. The first kappa shape index (κ1) is 23.0. The van der Waals surface area contributed by atoms with Crippen LogP contribution in [0.1, 0.15) is 53.0 Å². The van der Waals surface area contributed by atoms with Gasteiger partial charge in [0.25, 0.3) is 5.91 Å². The number of halogens is 3. The zero-order valence-electron chi connectivity index (χ0n) is 18.5. The van der Waals surface area contributed by atoms with Crippen LogP contribution in [-0.2, 0) is 14.4 Å². The lowest BCUT2D eigenvalue weighted by molar-refractivity contribution is -0.191. The van der Waals surface area contributed by atoms with Gasteiger partial charge in [0, 0.05) is 23.2 Å². The van der Waals surface area contributed by atoms with Gasteiger partial charge in [-0.05, 0) is 30.9 Å². The maximum Gasteiger partial charge on any atom is 0.425 e. The summed E-state index contributed by atoms with van der Waals surface area (Å²) in [6, 6.07) is 6.45. The van der Waals surface area contributed by atoms with Gasteiger partial charge in [-0.2, -0.15) is 13.2 Å². The van der Waals surface area contributed by atoms with Crippen LogP contribution in [0.4, 0.5) is 18.9 Å². The number of anilines is 1. The second-order valence-corrected chi connectivity index (χ2v) is 10.2. The highest BCUT2D eigenvalue weighted by molar-refractivity contribution is 6.20. The fourth-order valence-corrected chi connectivity index (χ4v) is 4.08. The number of amides is 2. The lowest BCUT2D eigenvalue weighted by Gasteiger charge is -2.37. The molecule has 0 saturated heterocycles.